The Morgan fingerprint density at radius 2 is 2.00 bits per heavy atom. The number of urea groups is 1. The van der Waals surface area contributed by atoms with Crippen LogP contribution in [0.3, 0.4) is 0 Å². The van der Waals surface area contributed by atoms with Crippen molar-refractivity contribution in [3.63, 3.8) is 0 Å². The molecule has 2 rings (SSSR count). The number of carbonyl (C=O) groups is 3. The number of amides is 3. The number of methoxy groups -OCH3 is 1. The van der Waals surface area contributed by atoms with Gasteiger partial charge in [-0.2, -0.15) is 0 Å². The molecule has 1 fully saturated rings. The molecule has 0 aromatic heterocycles. The summed E-state index contributed by atoms with van der Waals surface area (Å²) < 4.78 is 4.74. The standard InChI is InChI=1S/C15H18N2O4S/c1-15(2)13(19)17(14(20)16-15)8-9-22-11-7-5-4-6-10(11)12(18)21-3/h4-7H,8-9H2,1-3H3,(H,16,20). The van der Waals surface area contributed by atoms with Gasteiger partial charge in [-0.1, -0.05) is 12.1 Å². The largest absolute Gasteiger partial charge is 0.465 e. The highest BCUT2D eigenvalue weighted by molar-refractivity contribution is 7.99. The van der Waals surface area contributed by atoms with E-state index in [0.29, 0.717) is 11.3 Å². The molecule has 118 valence electrons. The maximum atomic E-state index is 12.1. The van der Waals surface area contributed by atoms with Crippen molar-refractivity contribution in [1.82, 2.24) is 10.2 Å². The number of ether oxygens (including phenoxy) is 1. The Morgan fingerprint density at radius 1 is 1.32 bits per heavy atom. The fourth-order valence-electron chi connectivity index (χ4n) is 2.14. The van der Waals surface area contributed by atoms with Crippen LogP contribution in [0.4, 0.5) is 4.79 Å². The molecule has 1 heterocycles. The lowest BCUT2D eigenvalue weighted by Gasteiger charge is -2.16. The molecule has 3 amide bonds. The summed E-state index contributed by atoms with van der Waals surface area (Å²) in [4.78, 5) is 37.5. The molecule has 6 nitrogen and oxygen atoms in total. The molecule has 1 saturated heterocycles. The maximum Gasteiger partial charge on any atom is 0.338 e. The minimum absolute atomic E-state index is 0.237. The molecule has 0 atom stereocenters. The second-order valence-electron chi connectivity index (χ2n) is 5.35. The van der Waals surface area contributed by atoms with Crippen LogP contribution < -0.4 is 5.32 Å². The van der Waals surface area contributed by atoms with Crippen molar-refractivity contribution >= 4 is 29.7 Å². The predicted molar refractivity (Wildman–Crippen MR) is 82.8 cm³/mol. The Hall–Kier alpha value is -2.02. The van der Waals surface area contributed by atoms with Gasteiger partial charge in [0, 0.05) is 17.2 Å². The molecule has 0 radical (unpaired) electrons. The summed E-state index contributed by atoms with van der Waals surface area (Å²) in [6.45, 7) is 3.63. The van der Waals surface area contributed by atoms with E-state index in [9.17, 15) is 14.4 Å². The summed E-state index contributed by atoms with van der Waals surface area (Å²) in [5, 5.41) is 2.63. The second kappa shape index (κ2) is 6.39. The van der Waals surface area contributed by atoms with Crippen molar-refractivity contribution in [2.75, 3.05) is 19.4 Å². The number of thioether (sulfide) groups is 1. The zero-order chi connectivity index (χ0) is 16.3. The number of nitrogens with zero attached hydrogens (tertiary/aromatic N) is 1. The third-order valence-corrected chi connectivity index (χ3v) is 4.36. The number of imide groups is 1. The first-order chi connectivity index (χ1) is 10.4. The first-order valence-corrected chi connectivity index (χ1v) is 7.79. The third kappa shape index (κ3) is 3.24. The van der Waals surface area contributed by atoms with Crippen LogP contribution in [0.15, 0.2) is 29.2 Å². The quantitative estimate of drug-likeness (QED) is 0.509. The van der Waals surface area contributed by atoms with E-state index in [-0.39, 0.29) is 18.5 Å². The molecule has 1 aromatic carbocycles. The zero-order valence-electron chi connectivity index (χ0n) is 12.7. The molecular formula is C15H18N2O4S. The summed E-state index contributed by atoms with van der Waals surface area (Å²) in [5.74, 6) is -0.137. The number of rotatable bonds is 5. The molecule has 0 bridgehead atoms. The van der Waals surface area contributed by atoms with E-state index in [1.54, 1.807) is 26.0 Å². The van der Waals surface area contributed by atoms with Gasteiger partial charge in [0.15, 0.2) is 0 Å². The Kier molecular flexibility index (Phi) is 4.75. The van der Waals surface area contributed by atoms with Crippen molar-refractivity contribution in [2.24, 2.45) is 0 Å². The lowest BCUT2D eigenvalue weighted by Crippen LogP contribution is -2.40. The van der Waals surface area contributed by atoms with Crippen LogP contribution in [0.1, 0.15) is 24.2 Å². The van der Waals surface area contributed by atoms with E-state index >= 15 is 0 Å². The van der Waals surface area contributed by atoms with E-state index in [0.717, 1.165) is 4.90 Å². The van der Waals surface area contributed by atoms with Gasteiger partial charge in [-0.05, 0) is 26.0 Å². The van der Waals surface area contributed by atoms with E-state index in [4.69, 9.17) is 4.74 Å². The molecule has 0 unspecified atom stereocenters. The van der Waals surface area contributed by atoms with Gasteiger partial charge in [0.1, 0.15) is 5.54 Å². The summed E-state index contributed by atoms with van der Waals surface area (Å²) in [6, 6.07) is 6.71. The smallest absolute Gasteiger partial charge is 0.338 e. The summed E-state index contributed by atoms with van der Waals surface area (Å²) in [7, 11) is 1.33. The number of hydrogen-bond donors (Lipinski definition) is 1. The molecule has 0 saturated carbocycles. The minimum atomic E-state index is -0.855. The lowest BCUT2D eigenvalue weighted by molar-refractivity contribution is -0.130. The van der Waals surface area contributed by atoms with Crippen molar-refractivity contribution in [1.29, 1.82) is 0 Å². The minimum Gasteiger partial charge on any atom is -0.465 e. The molecule has 1 aromatic rings. The second-order valence-corrected chi connectivity index (χ2v) is 6.48. The summed E-state index contributed by atoms with van der Waals surface area (Å²) in [6.07, 6.45) is 0. The Morgan fingerprint density at radius 3 is 2.59 bits per heavy atom. The summed E-state index contributed by atoms with van der Waals surface area (Å²) in [5.41, 5.74) is -0.376. The molecule has 0 spiro atoms. The monoisotopic (exact) mass is 322 g/mol. The zero-order valence-corrected chi connectivity index (χ0v) is 13.5. The van der Waals surface area contributed by atoms with Crippen LogP contribution in [-0.4, -0.2) is 47.8 Å². The van der Waals surface area contributed by atoms with Gasteiger partial charge in [0.05, 0.1) is 12.7 Å². The highest BCUT2D eigenvalue weighted by atomic mass is 32.2. The fourth-order valence-corrected chi connectivity index (χ4v) is 3.11. The van der Waals surface area contributed by atoms with E-state index < -0.39 is 11.5 Å². The highest BCUT2D eigenvalue weighted by Crippen LogP contribution is 2.24. The molecule has 1 N–H and O–H groups in total. The van der Waals surface area contributed by atoms with Gasteiger partial charge >= 0.3 is 12.0 Å². The summed E-state index contributed by atoms with van der Waals surface area (Å²) >= 11 is 1.41. The maximum absolute atomic E-state index is 12.1. The van der Waals surface area contributed by atoms with E-state index in [1.807, 2.05) is 12.1 Å². The molecule has 1 aliphatic heterocycles. The number of hydrogen-bond acceptors (Lipinski definition) is 5. The SMILES string of the molecule is COC(=O)c1ccccc1SCCN1C(=O)NC(C)(C)C1=O. The molecule has 7 heteroatoms. The van der Waals surface area contributed by atoms with Crippen LogP contribution >= 0.6 is 11.8 Å². The average Bonchev–Trinajstić information content (AvgIpc) is 2.68. The van der Waals surface area contributed by atoms with Gasteiger partial charge in [-0.25, -0.2) is 9.59 Å². The van der Waals surface area contributed by atoms with Gasteiger partial charge in [-0.3, -0.25) is 9.69 Å². The average molecular weight is 322 g/mol. The topological polar surface area (TPSA) is 75.7 Å². The number of nitrogens with one attached hydrogen (secondary N) is 1. The first kappa shape index (κ1) is 16.4. The number of carbonyl (C=O) groups excluding carboxylic acids is 3. The Balaban J connectivity index is 1.99. The van der Waals surface area contributed by atoms with Gasteiger partial charge in [-0.15, -0.1) is 11.8 Å². The lowest BCUT2D eigenvalue weighted by atomic mass is 10.1. The number of benzene rings is 1. The van der Waals surface area contributed by atoms with Gasteiger partial charge in [0.25, 0.3) is 5.91 Å². The van der Waals surface area contributed by atoms with Crippen LogP contribution in [0.25, 0.3) is 0 Å². The van der Waals surface area contributed by atoms with Crippen LogP contribution in [0, 0.1) is 0 Å². The highest BCUT2D eigenvalue weighted by Gasteiger charge is 2.43. The third-order valence-electron chi connectivity index (χ3n) is 3.31. The van der Waals surface area contributed by atoms with E-state index in [1.165, 1.54) is 23.8 Å². The van der Waals surface area contributed by atoms with Gasteiger partial charge in [0.2, 0.25) is 0 Å². The van der Waals surface area contributed by atoms with Crippen molar-refractivity contribution in [3.05, 3.63) is 29.8 Å². The Bertz CT molecular complexity index is 615. The van der Waals surface area contributed by atoms with Crippen LogP contribution in [0.5, 0.6) is 0 Å². The molecule has 1 aliphatic rings. The van der Waals surface area contributed by atoms with Gasteiger partial charge < -0.3 is 10.1 Å². The van der Waals surface area contributed by atoms with E-state index in [2.05, 4.69) is 5.32 Å². The van der Waals surface area contributed by atoms with Crippen LogP contribution in [-0.2, 0) is 9.53 Å². The van der Waals surface area contributed by atoms with Crippen molar-refractivity contribution < 1.29 is 19.1 Å². The Labute approximate surface area is 133 Å². The normalized spacial score (nSPS) is 16.6. The first-order valence-electron chi connectivity index (χ1n) is 6.81. The predicted octanol–water partition coefficient (Wildman–Crippen LogP) is 1.90. The van der Waals surface area contributed by atoms with Crippen LogP contribution in [0.2, 0.25) is 0 Å². The fraction of sp³-hybridized carbons (Fsp3) is 0.400. The number of esters is 1. The molecule has 22 heavy (non-hydrogen) atoms. The molecule has 0 aliphatic carbocycles. The molecular weight excluding hydrogens is 304 g/mol. The van der Waals surface area contributed by atoms with Crippen molar-refractivity contribution in [3.8, 4) is 0 Å². The van der Waals surface area contributed by atoms with Crippen molar-refractivity contribution in [2.45, 2.75) is 24.3 Å².